The molecule has 0 aliphatic heterocycles. The first-order valence-electron chi connectivity index (χ1n) is 6.98. The number of thiophene rings is 1. The highest BCUT2D eigenvalue weighted by Crippen LogP contribution is 2.24. The summed E-state index contributed by atoms with van der Waals surface area (Å²) in [7, 11) is 0. The molecule has 0 N–H and O–H groups in total. The number of hydrogen-bond acceptors (Lipinski definition) is 5. The van der Waals surface area contributed by atoms with Crippen LogP contribution in [0.25, 0.3) is 0 Å². The largest absolute Gasteiger partial charge is 0.454 e. The van der Waals surface area contributed by atoms with Crippen LogP contribution in [0.4, 0.5) is 0 Å². The Hall–Kier alpha value is -1.18. The van der Waals surface area contributed by atoms with E-state index in [-0.39, 0.29) is 23.1 Å². The van der Waals surface area contributed by atoms with Crippen LogP contribution in [-0.4, -0.2) is 28.1 Å². The predicted octanol–water partition coefficient (Wildman–Crippen LogP) is 4.36. The third-order valence-electron chi connectivity index (χ3n) is 2.99. The van der Waals surface area contributed by atoms with Crippen LogP contribution in [0, 0.1) is 12.8 Å². The minimum atomic E-state index is -0.633. The van der Waals surface area contributed by atoms with Crippen molar-refractivity contribution in [2.24, 2.45) is 5.92 Å². The van der Waals surface area contributed by atoms with Crippen LogP contribution in [0.2, 0.25) is 5.15 Å². The highest BCUT2D eigenvalue weighted by molar-refractivity contribution is 9.11. The van der Waals surface area contributed by atoms with Gasteiger partial charge < -0.3 is 4.74 Å². The average molecular weight is 420 g/mol. The van der Waals surface area contributed by atoms with E-state index in [1.165, 1.54) is 11.3 Å². The minimum Gasteiger partial charge on any atom is -0.454 e. The number of carbonyl (C=O) groups is 2. The lowest BCUT2D eigenvalue weighted by Gasteiger charge is -2.06. The van der Waals surface area contributed by atoms with Gasteiger partial charge in [-0.1, -0.05) is 25.4 Å². The van der Waals surface area contributed by atoms with E-state index in [2.05, 4.69) is 21.0 Å². The molecule has 0 fully saturated rings. The number of aromatic nitrogens is 2. The molecule has 0 atom stereocenters. The van der Waals surface area contributed by atoms with Crippen molar-refractivity contribution in [3.05, 3.63) is 37.2 Å². The first-order chi connectivity index (χ1) is 10.8. The monoisotopic (exact) mass is 418 g/mol. The molecular formula is C15H16BrClN2O3S. The van der Waals surface area contributed by atoms with Gasteiger partial charge >= 0.3 is 5.97 Å². The highest BCUT2D eigenvalue weighted by Gasteiger charge is 2.23. The highest BCUT2D eigenvalue weighted by atomic mass is 79.9. The Bertz CT molecular complexity index is 739. The van der Waals surface area contributed by atoms with E-state index in [9.17, 15) is 9.59 Å². The molecule has 2 aromatic rings. The molecule has 2 aromatic heterocycles. The molecule has 2 heterocycles. The Kier molecular flexibility index (Phi) is 6.00. The molecule has 0 saturated carbocycles. The van der Waals surface area contributed by atoms with Crippen molar-refractivity contribution < 1.29 is 14.3 Å². The Labute approximate surface area is 151 Å². The summed E-state index contributed by atoms with van der Waals surface area (Å²) < 4.78 is 7.53. The zero-order chi connectivity index (χ0) is 17.1. The molecule has 23 heavy (non-hydrogen) atoms. The van der Waals surface area contributed by atoms with E-state index < -0.39 is 5.97 Å². The number of ether oxygens (including phenoxy) is 1. The number of Topliss-reactive ketones (excluding diaryl/α,β-unsaturated/α-hetero) is 1. The second kappa shape index (κ2) is 7.59. The van der Waals surface area contributed by atoms with Crippen LogP contribution in [0.15, 0.2) is 15.9 Å². The fourth-order valence-corrected chi connectivity index (χ4v) is 3.62. The normalized spacial score (nSPS) is 11.0. The Morgan fingerprint density at radius 1 is 1.43 bits per heavy atom. The van der Waals surface area contributed by atoms with Crippen LogP contribution in [0.5, 0.6) is 0 Å². The molecule has 0 radical (unpaired) electrons. The van der Waals surface area contributed by atoms with Gasteiger partial charge in [0.2, 0.25) is 5.78 Å². The topological polar surface area (TPSA) is 61.2 Å². The zero-order valence-corrected chi connectivity index (χ0v) is 16.1. The summed E-state index contributed by atoms with van der Waals surface area (Å²) in [4.78, 5) is 24.7. The molecule has 0 unspecified atom stereocenters. The Morgan fingerprint density at radius 3 is 2.70 bits per heavy atom. The van der Waals surface area contributed by atoms with E-state index in [1.54, 1.807) is 23.7 Å². The molecule has 0 bridgehead atoms. The summed E-state index contributed by atoms with van der Waals surface area (Å²) in [5, 5.41) is 4.50. The van der Waals surface area contributed by atoms with Crippen LogP contribution < -0.4 is 0 Å². The number of halogens is 2. The van der Waals surface area contributed by atoms with Crippen molar-refractivity contribution in [2.75, 3.05) is 6.61 Å². The third-order valence-corrected chi connectivity index (χ3v) is 5.04. The number of aryl methyl sites for hydroxylation is 1. The molecule has 5 nitrogen and oxygen atoms in total. The molecule has 2 rings (SSSR count). The fraction of sp³-hybridized carbons (Fsp3) is 0.400. The number of esters is 1. The average Bonchev–Trinajstić information content (AvgIpc) is 3.00. The number of carbonyl (C=O) groups excluding carboxylic acids is 2. The summed E-state index contributed by atoms with van der Waals surface area (Å²) in [5.41, 5.74) is 0.708. The number of rotatable bonds is 6. The fourth-order valence-electron chi connectivity index (χ4n) is 1.99. The van der Waals surface area contributed by atoms with Gasteiger partial charge in [0.1, 0.15) is 10.7 Å². The minimum absolute atomic E-state index is 0.215. The predicted molar refractivity (Wildman–Crippen MR) is 93.4 cm³/mol. The molecule has 124 valence electrons. The van der Waals surface area contributed by atoms with Gasteiger partial charge in [0.25, 0.3) is 0 Å². The van der Waals surface area contributed by atoms with Gasteiger partial charge in [-0.05, 0) is 40.9 Å². The second-order valence-corrected chi connectivity index (χ2v) is 8.25. The molecule has 0 saturated heterocycles. The maximum atomic E-state index is 12.2. The number of nitrogens with zero attached hydrogens (tertiary/aromatic N) is 2. The molecule has 0 amide bonds. The Balaban J connectivity index is 2.06. The quantitative estimate of drug-likeness (QED) is 0.515. The zero-order valence-electron chi connectivity index (χ0n) is 12.9. The molecule has 8 heteroatoms. The maximum Gasteiger partial charge on any atom is 0.343 e. The van der Waals surface area contributed by atoms with E-state index in [1.807, 2.05) is 13.8 Å². The summed E-state index contributed by atoms with van der Waals surface area (Å²) in [5.74, 6) is -0.543. The van der Waals surface area contributed by atoms with Crippen molar-refractivity contribution in [3.8, 4) is 0 Å². The van der Waals surface area contributed by atoms with Gasteiger partial charge in [0.15, 0.2) is 6.61 Å². The lowest BCUT2D eigenvalue weighted by Crippen LogP contribution is -2.14. The number of hydrogen-bond donors (Lipinski definition) is 0. The molecule has 0 spiro atoms. The van der Waals surface area contributed by atoms with Crippen LogP contribution in [0.3, 0.4) is 0 Å². The standard InChI is InChI=1S/C15H16BrClN2O3S/c1-8(2)6-19-14(17)13(9(3)18-19)15(21)22-7-10(20)11-4-5-12(16)23-11/h4-5,8H,6-7H2,1-3H3. The van der Waals surface area contributed by atoms with Crippen molar-refractivity contribution in [1.29, 1.82) is 0 Å². The van der Waals surface area contributed by atoms with Crippen LogP contribution in [-0.2, 0) is 11.3 Å². The van der Waals surface area contributed by atoms with E-state index in [0.717, 1.165) is 3.79 Å². The summed E-state index contributed by atoms with van der Waals surface area (Å²) in [6.07, 6.45) is 0. The second-order valence-electron chi connectivity index (χ2n) is 5.43. The molecular weight excluding hydrogens is 404 g/mol. The van der Waals surface area contributed by atoms with Gasteiger partial charge in [-0.3, -0.25) is 9.48 Å². The molecule has 0 aliphatic rings. The maximum absolute atomic E-state index is 12.2. The van der Waals surface area contributed by atoms with Gasteiger partial charge in [-0.2, -0.15) is 5.10 Å². The molecule has 0 aliphatic carbocycles. The smallest absolute Gasteiger partial charge is 0.343 e. The van der Waals surface area contributed by atoms with E-state index in [4.69, 9.17) is 16.3 Å². The van der Waals surface area contributed by atoms with Crippen LogP contribution >= 0.6 is 38.9 Å². The van der Waals surface area contributed by atoms with Crippen molar-refractivity contribution >= 4 is 50.6 Å². The van der Waals surface area contributed by atoms with Gasteiger partial charge in [0, 0.05) is 6.54 Å². The van der Waals surface area contributed by atoms with Crippen LogP contribution in [0.1, 0.15) is 39.6 Å². The summed E-state index contributed by atoms with van der Waals surface area (Å²) >= 11 is 10.8. The lowest BCUT2D eigenvalue weighted by atomic mass is 10.2. The number of ketones is 1. The van der Waals surface area contributed by atoms with Gasteiger partial charge in [-0.25, -0.2) is 4.79 Å². The van der Waals surface area contributed by atoms with Gasteiger partial charge in [-0.15, -0.1) is 11.3 Å². The lowest BCUT2D eigenvalue weighted by molar-refractivity contribution is 0.0475. The van der Waals surface area contributed by atoms with E-state index in [0.29, 0.717) is 23.0 Å². The summed E-state index contributed by atoms with van der Waals surface area (Å²) in [6.45, 7) is 6.04. The SMILES string of the molecule is Cc1nn(CC(C)C)c(Cl)c1C(=O)OCC(=O)c1ccc(Br)s1. The Morgan fingerprint density at radius 2 is 2.13 bits per heavy atom. The van der Waals surface area contributed by atoms with Crippen molar-refractivity contribution in [1.82, 2.24) is 9.78 Å². The van der Waals surface area contributed by atoms with E-state index >= 15 is 0 Å². The molecule has 0 aromatic carbocycles. The first kappa shape index (κ1) is 18.2. The summed E-state index contributed by atoms with van der Waals surface area (Å²) in [6, 6.07) is 3.46. The first-order valence-corrected chi connectivity index (χ1v) is 8.97. The van der Waals surface area contributed by atoms with Crippen molar-refractivity contribution in [2.45, 2.75) is 27.3 Å². The third kappa shape index (κ3) is 4.43. The van der Waals surface area contributed by atoms with Gasteiger partial charge in [0.05, 0.1) is 14.4 Å². The van der Waals surface area contributed by atoms with Crippen molar-refractivity contribution in [3.63, 3.8) is 0 Å².